The Morgan fingerprint density at radius 2 is 2.00 bits per heavy atom. The monoisotopic (exact) mass is 235 g/mol. The van der Waals surface area contributed by atoms with Crippen LogP contribution in [0.2, 0.25) is 0 Å². The molecule has 1 heterocycles. The molecule has 3 rings (SSSR count). The SMILES string of the molecule is OCc1nnn(CCC2CCC2)c1CC1CC1. The van der Waals surface area contributed by atoms with Crippen molar-refractivity contribution < 1.29 is 5.11 Å². The molecule has 4 heteroatoms. The standard InChI is InChI=1S/C13H21N3O/c17-9-12-13(8-11-4-5-11)16(15-14-12)7-6-10-2-1-3-10/h10-11,17H,1-9H2. The van der Waals surface area contributed by atoms with E-state index < -0.39 is 0 Å². The third kappa shape index (κ3) is 2.51. The third-order valence-corrected chi connectivity index (χ3v) is 4.22. The zero-order valence-corrected chi connectivity index (χ0v) is 10.3. The minimum absolute atomic E-state index is 0.0332. The van der Waals surface area contributed by atoms with Crippen LogP contribution in [0.15, 0.2) is 0 Å². The van der Waals surface area contributed by atoms with Crippen molar-refractivity contribution in [2.75, 3.05) is 0 Å². The van der Waals surface area contributed by atoms with Crippen molar-refractivity contribution in [3.63, 3.8) is 0 Å². The first kappa shape index (κ1) is 11.2. The summed E-state index contributed by atoms with van der Waals surface area (Å²) in [5.74, 6) is 1.73. The van der Waals surface area contributed by atoms with Gasteiger partial charge < -0.3 is 5.11 Å². The second-order valence-electron chi connectivity index (χ2n) is 5.60. The molecule has 0 amide bonds. The largest absolute Gasteiger partial charge is 0.390 e. The summed E-state index contributed by atoms with van der Waals surface area (Å²) in [5, 5.41) is 17.6. The van der Waals surface area contributed by atoms with Gasteiger partial charge in [-0.05, 0) is 37.5 Å². The number of aliphatic hydroxyl groups excluding tert-OH is 1. The summed E-state index contributed by atoms with van der Waals surface area (Å²) in [6.45, 7) is 1.02. The summed E-state index contributed by atoms with van der Waals surface area (Å²) in [6, 6.07) is 0. The van der Waals surface area contributed by atoms with Crippen LogP contribution in [0.3, 0.4) is 0 Å². The van der Waals surface area contributed by atoms with Crippen molar-refractivity contribution in [2.45, 2.75) is 58.1 Å². The summed E-state index contributed by atoms with van der Waals surface area (Å²) < 4.78 is 2.04. The quantitative estimate of drug-likeness (QED) is 0.819. The zero-order chi connectivity index (χ0) is 11.7. The molecule has 0 aliphatic heterocycles. The molecule has 1 aromatic heterocycles. The second kappa shape index (κ2) is 4.77. The molecule has 4 nitrogen and oxygen atoms in total. The normalized spacial score (nSPS) is 20.5. The Hall–Kier alpha value is -0.900. The molecule has 2 aliphatic carbocycles. The van der Waals surface area contributed by atoms with Crippen LogP contribution in [0.25, 0.3) is 0 Å². The minimum Gasteiger partial charge on any atom is -0.390 e. The van der Waals surface area contributed by atoms with Gasteiger partial charge in [-0.3, -0.25) is 0 Å². The van der Waals surface area contributed by atoms with Gasteiger partial charge in [0.1, 0.15) is 5.69 Å². The Morgan fingerprint density at radius 1 is 1.18 bits per heavy atom. The van der Waals surface area contributed by atoms with Crippen LogP contribution >= 0.6 is 0 Å². The molecule has 0 aromatic carbocycles. The van der Waals surface area contributed by atoms with E-state index in [1.165, 1.54) is 44.2 Å². The summed E-state index contributed by atoms with van der Waals surface area (Å²) in [6.07, 6.45) is 9.13. The Bertz CT molecular complexity index is 380. The zero-order valence-electron chi connectivity index (χ0n) is 10.3. The highest BCUT2D eigenvalue weighted by Crippen LogP contribution is 2.34. The van der Waals surface area contributed by atoms with Crippen molar-refractivity contribution >= 4 is 0 Å². The van der Waals surface area contributed by atoms with Gasteiger partial charge >= 0.3 is 0 Å². The van der Waals surface area contributed by atoms with Crippen LogP contribution in [0.5, 0.6) is 0 Å². The Morgan fingerprint density at radius 3 is 2.59 bits per heavy atom. The van der Waals surface area contributed by atoms with Gasteiger partial charge in [-0.1, -0.05) is 24.5 Å². The number of aryl methyl sites for hydroxylation is 1. The van der Waals surface area contributed by atoms with Crippen molar-refractivity contribution in [3.05, 3.63) is 11.4 Å². The molecular formula is C13H21N3O. The molecule has 1 N–H and O–H groups in total. The highest BCUT2D eigenvalue weighted by molar-refractivity contribution is 5.11. The molecule has 17 heavy (non-hydrogen) atoms. The van der Waals surface area contributed by atoms with E-state index in [0.717, 1.165) is 30.5 Å². The van der Waals surface area contributed by atoms with Crippen LogP contribution in [-0.2, 0) is 19.6 Å². The predicted molar refractivity (Wildman–Crippen MR) is 64.3 cm³/mol. The number of aromatic nitrogens is 3. The maximum absolute atomic E-state index is 9.28. The lowest BCUT2D eigenvalue weighted by molar-refractivity contribution is 0.272. The summed E-state index contributed by atoms with van der Waals surface area (Å²) >= 11 is 0. The van der Waals surface area contributed by atoms with Crippen LogP contribution in [0.1, 0.15) is 49.9 Å². The number of nitrogens with zero attached hydrogens (tertiary/aromatic N) is 3. The molecule has 2 aliphatic rings. The van der Waals surface area contributed by atoms with Gasteiger partial charge in [0.05, 0.1) is 12.3 Å². The molecule has 1 aromatic rings. The maximum Gasteiger partial charge on any atom is 0.111 e. The molecule has 0 spiro atoms. The molecular weight excluding hydrogens is 214 g/mol. The summed E-state index contributed by atoms with van der Waals surface area (Å²) in [5.41, 5.74) is 1.99. The van der Waals surface area contributed by atoms with Crippen LogP contribution in [-0.4, -0.2) is 20.1 Å². The molecule has 0 bridgehead atoms. The average Bonchev–Trinajstić information content (AvgIpc) is 2.99. The van der Waals surface area contributed by atoms with E-state index in [-0.39, 0.29) is 6.61 Å². The number of aliphatic hydroxyl groups is 1. The fraction of sp³-hybridized carbons (Fsp3) is 0.846. The Kier molecular flexibility index (Phi) is 3.14. The van der Waals surface area contributed by atoms with Gasteiger partial charge in [0.25, 0.3) is 0 Å². The number of hydrogen-bond acceptors (Lipinski definition) is 3. The lowest BCUT2D eigenvalue weighted by atomic mass is 9.83. The maximum atomic E-state index is 9.28. The van der Waals surface area contributed by atoms with E-state index in [1.807, 2.05) is 4.68 Å². The smallest absolute Gasteiger partial charge is 0.111 e. The van der Waals surface area contributed by atoms with E-state index in [4.69, 9.17) is 0 Å². The fourth-order valence-electron chi connectivity index (χ4n) is 2.58. The van der Waals surface area contributed by atoms with Crippen molar-refractivity contribution in [2.24, 2.45) is 11.8 Å². The summed E-state index contributed by atoms with van der Waals surface area (Å²) in [4.78, 5) is 0. The van der Waals surface area contributed by atoms with Gasteiger partial charge in [0, 0.05) is 6.54 Å². The molecule has 94 valence electrons. The third-order valence-electron chi connectivity index (χ3n) is 4.22. The first-order valence-electron chi connectivity index (χ1n) is 6.89. The fourth-order valence-corrected chi connectivity index (χ4v) is 2.58. The van der Waals surface area contributed by atoms with E-state index in [0.29, 0.717) is 0 Å². The lowest BCUT2D eigenvalue weighted by Gasteiger charge is -2.25. The first-order valence-corrected chi connectivity index (χ1v) is 6.89. The number of hydrogen-bond donors (Lipinski definition) is 1. The lowest BCUT2D eigenvalue weighted by Crippen LogP contribution is -2.16. The van der Waals surface area contributed by atoms with Crippen molar-refractivity contribution in [1.82, 2.24) is 15.0 Å². The molecule has 0 radical (unpaired) electrons. The van der Waals surface area contributed by atoms with E-state index in [9.17, 15) is 5.11 Å². The van der Waals surface area contributed by atoms with Gasteiger partial charge in [-0.2, -0.15) is 0 Å². The van der Waals surface area contributed by atoms with Crippen LogP contribution < -0.4 is 0 Å². The van der Waals surface area contributed by atoms with E-state index in [2.05, 4.69) is 10.3 Å². The Labute approximate surface area is 102 Å². The van der Waals surface area contributed by atoms with Gasteiger partial charge in [-0.15, -0.1) is 5.10 Å². The van der Waals surface area contributed by atoms with Crippen molar-refractivity contribution in [1.29, 1.82) is 0 Å². The van der Waals surface area contributed by atoms with Gasteiger partial charge in [0.2, 0.25) is 0 Å². The predicted octanol–water partition coefficient (Wildman–Crippen LogP) is 1.91. The van der Waals surface area contributed by atoms with Gasteiger partial charge in [0.15, 0.2) is 0 Å². The van der Waals surface area contributed by atoms with Crippen LogP contribution in [0.4, 0.5) is 0 Å². The first-order chi connectivity index (χ1) is 8.36. The van der Waals surface area contributed by atoms with E-state index >= 15 is 0 Å². The highest BCUT2D eigenvalue weighted by Gasteiger charge is 2.26. The minimum atomic E-state index is 0.0332. The topological polar surface area (TPSA) is 50.9 Å². The molecule has 0 unspecified atom stereocenters. The van der Waals surface area contributed by atoms with Crippen LogP contribution in [0, 0.1) is 11.8 Å². The average molecular weight is 235 g/mol. The highest BCUT2D eigenvalue weighted by atomic mass is 16.3. The second-order valence-corrected chi connectivity index (χ2v) is 5.60. The molecule has 2 saturated carbocycles. The molecule has 0 atom stereocenters. The van der Waals surface area contributed by atoms with Gasteiger partial charge in [-0.25, -0.2) is 4.68 Å². The van der Waals surface area contributed by atoms with E-state index in [1.54, 1.807) is 0 Å². The Balaban J connectivity index is 1.65. The molecule has 2 fully saturated rings. The van der Waals surface area contributed by atoms with Crippen molar-refractivity contribution in [3.8, 4) is 0 Å². The summed E-state index contributed by atoms with van der Waals surface area (Å²) in [7, 11) is 0. The number of rotatable bonds is 6. The molecule has 0 saturated heterocycles.